The second-order valence-corrected chi connectivity index (χ2v) is 5.55. The molecule has 0 radical (unpaired) electrons. The molecule has 1 aliphatic heterocycles. The Kier molecular flexibility index (Phi) is 4.96. The Hall–Kier alpha value is -1.36. The molecule has 0 aromatic carbocycles. The minimum Gasteiger partial charge on any atom is -0.355 e. The molecule has 0 bridgehead atoms. The van der Waals surface area contributed by atoms with Crippen LogP contribution in [0.5, 0.6) is 0 Å². The number of amides is 1. The number of nitrogens with zero attached hydrogens (tertiary/aromatic N) is 2. The molecule has 2 heterocycles. The molecule has 106 valence electrons. The molecule has 0 aliphatic carbocycles. The molecule has 0 saturated carbocycles. The van der Waals surface area contributed by atoms with Crippen molar-refractivity contribution in [3.63, 3.8) is 0 Å². The number of carbonyl (C=O) groups is 1. The molecule has 5 nitrogen and oxygen atoms in total. The van der Waals surface area contributed by atoms with Crippen molar-refractivity contribution in [1.29, 1.82) is 0 Å². The van der Waals surface area contributed by atoms with Crippen molar-refractivity contribution in [2.24, 2.45) is 5.92 Å². The summed E-state index contributed by atoms with van der Waals surface area (Å²) in [7, 11) is 0. The molecule has 1 amide bonds. The number of carbonyl (C=O) groups excluding carboxylic acids is 1. The minimum absolute atomic E-state index is 0.151. The van der Waals surface area contributed by atoms with Crippen molar-refractivity contribution in [2.75, 3.05) is 19.6 Å². The maximum Gasteiger partial charge on any atom is 0.224 e. The van der Waals surface area contributed by atoms with E-state index < -0.39 is 0 Å². The minimum atomic E-state index is 0.151. The Labute approximate surface area is 114 Å². The van der Waals surface area contributed by atoms with Gasteiger partial charge in [-0.3, -0.25) is 9.89 Å². The highest BCUT2D eigenvalue weighted by Gasteiger charge is 2.26. The quantitative estimate of drug-likeness (QED) is 0.840. The van der Waals surface area contributed by atoms with E-state index in [-0.39, 0.29) is 11.8 Å². The van der Waals surface area contributed by atoms with E-state index in [2.05, 4.69) is 34.3 Å². The van der Waals surface area contributed by atoms with Crippen LogP contribution in [-0.2, 0) is 11.2 Å². The molecule has 2 N–H and O–H groups in total. The van der Waals surface area contributed by atoms with Gasteiger partial charge in [-0.05, 0) is 39.3 Å². The van der Waals surface area contributed by atoms with Crippen molar-refractivity contribution in [3.8, 4) is 0 Å². The summed E-state index contributed by atoms with van der Waals surface area (Å²) >= 11 is 0. The monoisotopic (exact) mass is 264 g/mol. The Bertz CT molecular complexity index is 388. The Morgan fingerprint density at radius 2 is 2.47 bits per heavy atom. The number of aromatic amines is 1. The summed E-state index contributed by atoms with van der Waals surface area (Å²) in [6, 6.07) is 2.47. The molecule has 1 fully saturated rings. The number of aromatic nitrogens is 2. The van der Waals surface area contributed by atoms with Gasteiger partial charge in [0.05, 0.1) is 5.92 Å². The summed E-state index contributed by atoms with van der Waals surface area (Å²) in [5.41, 5.74) is 1.06. The summed E-state index contributed by atoms with van der Waals surface area (Å²) in [5.74, 6) is 0.350. The van der Waals surface area contributed by atoms with E-state index in [4.69, 9.17) is 0 Å². The van der Waals surface area contributed by atoms with Gasteiger partial charge in [-0.15, -0.1) is 0 Å². The van der Waals surface area contributed by atoms with Crippen molar-refractivity contribution in [3.05, 3.63) is 18.0 Å². The van der Waals surface area contributed by atoms with Crippen molar-refractivity contribution < 1.29 is 4.79 Å². The summed E-state index contributed by atoms with van der Waals surface area (Å²) < 4.78 is 0. The fourth-order valence-corrected chi connectivity index (χ4v) is 2.58. The number of nitrogens with one attached hydrogen (secondary N) is 2. The molecule has 2 rings (SSSR count). The molecular formula is C14H24N4O. The van der Waals surface area contributed by atoms with Crippen LogP contribution >= 0.6 is 0 Å². The van der Waals surface area contributed by atoms with E-state index in [1.165, 1.54) is 0 Å². The zero-order valence-electron chi connectivity index (χ0n) is 11.9. The number of hydrogen-bond acceptors (Lipinski definition) is 3. The first-order chi connectivity index (χ1) is 9.16. The van der Waals surface area contributed by atoms with Gasteiger partial charge >= 0.3 is 0 Å². The Morgan fingerprint density at radius 3 is 3.16 bits per heavy atom. The van der Waals surface area contributed by atoms with Crippen LogP contribution in [0.1, 0.15) is 32.4 Å². The van der Waals surface area contributed by atoms with Crippen LogP contribution in [0.4, 0.5) is 0 Å². The third kappa shape index (κ3) is 4.06. The average Bonchev–Trinajstić information content (AvgIpc) is 2.92. The number of rotatable bonds is 5. The number of H-pyrrole nitrogens is 1. The largest absolute Gasteiger partial charge is 0.355 e. The van der Waals surface area contributed by atoms with Crippen LogP contribution in [0, 0.1) is 5.92 Å². The van der Waals surface area contributed by atoms with E-state index in [1.54, 1.807) is 6.20 Å². The first-order valence-corrected chi connectivity index (χ1v) is 7.17. The highest BCUT2D eigenvalue weighted by atomic mass is 16.1. The zero-order valence-corrected chi connectivity index (χ0v) is 11.9. The molecule has 1 aromatic rings. The van der Waals surface area contributed by atoms with Crippen LogP contribution in [-0.4, -0.2) is 46.7 Å². The summed E-state index contributed by atoms with van der Waals surface area (Å²) in [5, 5.41) is 9.83. The van der Waals surface area contributed by atoms with Gasteiger partial charge in [0.25, 0.3) is 0 Å². The lowest BCUT2D eigenvalue weighted by Gasteiger charge is -2.34. The number of hydrogen-bond donors (Lipinski definition) is 2. The first kappa shape index (κ1) is 14.1. The van der Waals surface area contributed by atoms with Gasteiger partial charge in [-0.2, -0.15) is 5.10 Å². The zero-order chi connectivity index (χ0) is 13.7. The maximum absolute atomic E-state index is 12.1. The topological polar surface area (TPSA) is 61.0 Å². The number of likely N-dealkylation sites (tertiary alicyclic amines) is 1. The molecule has 1 aromatic heterocycles. The van der Waals surface area contributed by atoms with E-state index in [0.29, 0.717) is 12.6 Å². The molecule has 1 unspecified atom stereocenters. The standard InChI is InChI=1S/C14H24N4O/c1-11(2)18-9-3-4-12(10-18)14(19)15-7-5-13-6-8-16-17-13/h6,8,11-12H,3-5,7,9-10H2,1-2H3,(H,15,19)(H,16,17). The van der Waals surface area contributed by atoms with Gasteiger partial charge in [0, 0.05) is 37.4 Å². The first-order valence-electron chi connectivity index (χ1n) is 7.17. The third-order valence-electron chi connectivity index (χ3n) is 3.81. The van der Waals surface area contributed by atoms with Gasteiger partial charge in [0.1, 0.15) is 0 Å². The van der Waals surface area contributed by atoms with Crippen LogP contribution in [0.3, 0.4) is 0 Å². The predicted molar refractivity (Wildman–Crippen MR) is 74.7 cm³/mol. The van der Waals surface area contributed by atoms with E-state index in [9.17, 15) is 4.79 Å². The molecule has 1 saturated heterocycles. The molecular weight excluding hydrogens is 240 g/mol. The summed E-state index contributed by atoms with van der Waals surface area (Å²) in [6.07, 6.45) is 4.68. The second-order valence-electron chi connectivity index (χ2n) is 5.55. The fourth-order valence-electron chi connectivity index (χ4n) is 2.58. The van der Waals surface area contributed by atoms with E-state index in [1.807, 2.05) is 6.07 Å². The average molecular weight is 264 g/mol. The van der Waals surface area contributed by atoms with Crippen molar-refractivity contribution >= 4 is 5.91 Å². The lowest BCUT2D eigenvalue weighted by molar-refractivity contribution is -0.126. The highest BCUT2D eigenvalue weighted by molar-refractivity contribution is 5.78. The van der Waals surface area contributed by atoms with Gasteiger partial charge in [-0.25, -0.2) is 0 Å². The van der Waals surface area contributed by atoms with Gasteiger partial charge in [0.15, 0.2) is 0 Å². The molecule has 5 heteroatoms. The SMILES string of the molecule is CC(C)N1CCCC(C(=O)NCCc2ccn[nH]2)C1. The van der Waals surface area contributed by atoms with E-state index in [0.717, 1.165) is 38.0 Å². The predicted octanol–water partition coefficient (Wildman–Crippen LogP) is 1.19. The smallest absolute Gasteiger partial charge is 0.224 e. The van der Waals surface area contributed by atoms with E-state index >= 15 is 0 Å². The van der Waals surface area contributed by atoms with Crippen LogP contribution in [0.15, 0.2) is 12.3 Å². The third-order valence-corrected chi connectivity index (χ3v) is 3.81. The molecule has 19 heavy (non-hydrogen) atoms. The Morgan fingerprint density at radius 1 is 1.63 bits per heavy atom. The Balaban J connectivity index is 1.73. The number of piperidine rings is 1. The van der Waals surface area contributed by atoms with Crippen molar-refractivity contribution in [1.82, 2.24) is 20.4 Å². The summed E-state index contributed by atoms with van der Waals surface area (Å²) in [4.78, 5) is 14.5. The van der Waals surface area contributed by atoms with Crippen LogP contribution in [0.25, 0.3) is 0 Å². The van der Waals surface area contributed by atoms with Crippen LogP contribution in [0.2, 0.25) is 0 Å². The maximum atomic E-state index is 12.1. The lowest BCUT2D eigenvalue weighted by Crippen LogP contribution is -2.45. The fraction of sp³-hybridized carbons (Fsp3) is 0.714. The normalized spacial score (nSPS) is 20.7. The van der Waals surface area contributed by atoms with Gasteiger partial charge in [0.2, 0.25) is 5.91 Å². The van der Waals surface area contributed by atoms with Gasteiger partial charge < -0.3 is 10.2 Å². The van der Waals surface area contributed by atoms with Gasteiger partial charge in [-0.1, -0.05) is 0 Å². The molecule has 0 spiro atoms. The molecule has 1 aliphatic rings. The lowest BCUT2D eigenvalue weighted by atomic mass is 9.96. The van der Waals surface area contributed by atoms with Crippen LogP contribution < -0.4 is 5.32 Å². The summed E-state index contributed by atoms with van der Waals surface area (Å²) in [6.45, 7) is 7.08. The highest BCUT2D eigenvalue weighted by Crippen LogP contribution is 2.18. The van der Waals surface area contributed by atoms with Crippen molar-refractivity contribution in [2.45, 2.75) is 39.2 Å². The second kappa shape index (κ2) is 6.70. The molecule has 1 atom stereocenters.